The second-order valence-electron chi connectivity index (χ2n) is 7.19. The Morgan fingerprint density at radius 3 is 2.00 bits per heavy atom. The fourth-order valence-electron chi connectivity index (χ4n) is 3.95. The number of hydrogen-bond acceptors (Lipinski definition) is 1. The Hall–Kier alpha value is -3.71. The molecule has 4 aromatic carbocycles. The number of benzene rings is 4. The van der Waals surface area contributed by atoms with Gasteiger partial charge in [-0.2, -0.15) is 0 Å². The minimum absolute atomic E-state index is 0.670. The van der Waals surface area contributed by atoms with Crippen molar-refractivity contribution in [2.45, 2.75) is 6.54 Å². The Bertz CT molecular complexity index is 1200. The minimum atomic E-state index is 0.670. The molecule has 0 saturated carbocycles. The van der Waals surface area contributed by atoms with Crippen molar-refractivity contribution >= 4 is 17.9 Å². The molecule has 0 fully saturated rings. The van der Waals surface area contributed by atoms with E-state index in [1.165, 1.54) is 33.4 Å². The zero-order valence-electron chi connectivity index (χ0n) is 16.1. The van der Waals surface area contributed by atoms with Crippen molar-refractivity contribution < 1.29 is 0 Å². The first-order chi connectivity index (χ1) is 14.4. The van der Waals surface area contributed by atoms with Gasteiger partial charge in [-0.05, 0) is 27.8 Å². The van der Waals surface area contributed by atoms with Crippen LogP contribution in [0.5, 0.6) is 0 Å². The normalized spacial score (nSPS) is 12.8. The van der Waals surface area contributed by atoms with Crippen molar-refractivity contribution in [1.82, 2.24) is 0 Å². The topological polar surface area (TPSA) is 12.4 Å². The van der Waals surface area contributed by atoms with Crippen LogP contribution in [0.25, 0.3) is 23.3 Å². The third-order valence-corrected chi connectivity index (χ3v) is 5.38. The van der Waals surface area contributed by atoms with Crippen molar-refractivity contribution in [2.24, 2.45) is 4.99 Å². The van der Waals surface area contributed by atoms with Crippen molar-refractivity contribution in [2.75, 3.05) is 0 Å². The van der Waals surface area contributed by atoms with Gasteiger partial charge in [0, 0.05) is 11.1 Å². The van der Waals surface area contributed by atoms with Crippen LogP contribution < -0.4 is 0 Å². The minimum Gasteiger partial charge on any atom is -0.279 e. The molecule has 4 aromatic rings. The molecule has 0 aliphatic carbocycles. The lowest BCUT2D eigenvalue weighted by molar-refractivity contribution is 1.07. The Morgan fingerprint density at radius 1 is 0.552 bits per heavy atom. The van der Waals surface area contributed by atoms with Gasteiger partial charge in [-0.25, -0.2) is 0 Å². The van der Waals surface area contributed by atoms with Crippen LogP contribution in [-0.4, -0.2) is 5.71 Å². The summed E-state index contributed by atoms with van der Waals surface area (Å²) in [7, 11) is 0. The SMILES string of the molecule is C(=C\c1cccc2c1CN=C(c1ccccc1)c1ccccc1-2)/c1ccccc1. The molecule has 1 aliphatic heterocycles. The van der Waals surface area contributed by atoms with E-state index in [4.69, 9.17) is 4.99 Å². The maximum absolute atomic E-state index is 5.07. The average molecular weight is 371 g/mol. The maximum atomic E-state index is 5.07. The molecule has 1 heteroatoms. The first kappa shape index (κ1) is 17.4. The standard InChI is InChI=1S/C28H21N/c1-3-10-21(11-4-1)18-19-22-14-9-17-25-24-15-7-8-16-26(24)28(29-20-27(22)25)23-12-5-2-6-13-23/h1-19H,20H2/b19-18+. The van der Waals surface area contributed by atoms with E-state index in [9.17, 15) is 0 Å². The molecule has 1 nitrogen and oxygen atoms in total. The first-order valence-electron chi connectivity index (χ1n) is 9.95. The number of hydrogen-bond donors (Lipinski definition) is 0. The molecule has 0 amide bonds. The van der Waals surface area contributed by atoms with E-state index in [1.807, 2.05) is 12.1 Å². The molecule has 0 spiro atoms. The van der Waals surface area contributed by atoms with Gasteiger partial charge >= 0.3 is 0 Å². The molecule has 0 N–H and O–H groups in total. The molecular weight excluding hydrogens is 350 g/mol. The van der Waals surface area contributed by atoms with Crippen LogP contribution in [0.4, 0.5) is 0 Å². The van der Waals surface area contributed by atoms with Gasteiger partial charge in [-0.15, -0.1) is 0 Å². The highest BCUT2D eigenvalue weighted by Gasteiger charge is 2.19. The number of aliphatic imine (C=N–C) groups is 1. The van der Waals surface area contributed by atoms with Crippen LogP contribution in [0.1, 0.15) is 27.8 Å². The largest absolute Gasteiger partial charge is 0.279 e. The quantitative estimate of drug-likeness (QED) is 0.348. The zero-order valence-corrected chi connectivity index (χ0v) is 16.1. The molecule has 5 rings (SSSR count). The third-order valence-electron chi connectivity index (χ3n) is 5.38. The smallest absolute Gasteiger partial charge is 0.0729 e. The lowest BCUT2D eigenvalue weighted by Gasteiger charge is -2.12. The van der Waals surface area contributed by atoms with Gasteiger partial charge in [-0.3, -0.25) is 4.99 Å². The molecule has 0 aromatic heterocycles. The summed E-state index contributed by atoms with van der Waals surface area (Å²) in [4.78, 5) is 5.07. The van der Waals surface area contributed by atoms with E-state index in [0.29, 0.717) is 6.54 Å². The number of rotatable bonds is 3. The summed E-state index contributed by atoms with van der Waals surface area (Å²) in [5, 5.41) is 0. The maximum Gasteiger partial charge on any atom is 0.0729 e. The Morgan fingerprint density at radius 2 is 1.21 bits per heavy atom. The fraction of sp³-hybridized carbons (Fsp3) is 0.0357. The van der Waals surface area contributed by atoms with Crippen molar-refractivity contribution in [1.29, 1.82) is 0 Å². The van der Waals surface area contributed by atoms with Gasteiger partial charge in [0.15, 0.2) is 0 Å². The lowest BCUT2D eigenvalue weighted by atomic mass is 9.90. The summed E-state index contributed by atoms with van der Waals surface area (Å²) < 4.78 is 0. The monoisotopic (exact) mass is 371 g/mol. The van der Waals surface area contributed by atoms with Crippen LogP contribution in [0.3, 0.4) is 0 Å². The lowest BCUT2D eigenvalue weighted by Crippen LogP contribution is -2.03. The van der Waals surface area contributed by atoms with E-state index < -0.39 is 0 Å². The molecule has 0 radical (unpaired) electrons. The second-order valence-corrected chi connectivity index (χ2v) is 7.19. The van der Waals surface area contributed by atoms with Gasteiger partial charge in [0.25, 0.3) is 0 Å². The highest BCUT2D eigenvalue weighted by Crippen LogP contribution is 2.34. The molecule has 29 heavy (non-hydrogen) atoms. The van der Waals surface area contributed by atoms with E-state index in [-0.39, 0.29) is 0 Å². The molecule has 0 saturated heterocycles. The average Bonchev–Trinajstić information content (AvgIpc) is 2.96. The molecule has 0 bridgehead atoms. The number of fused-ring (bicyclic) bond motifs is 3. The van der Waals surface area contributed by atoms with Crippen LogP contribution >= 0.6 is 0 Å². The second kappa shape index (κ2) is 7.73. The Balaban J connectivity index is 1.65. The van der Waals surface area contributed by atoms with Crippen LogP contribution in [-0.2, 0) is 6.54 Å². The van der Waals surface area contributed by atoms with Crippen molar-refractivity contribution in [3.8, 4) is 11.1 Å². The summed E-state index contributed by atoms with van der Waals surface area (Å²) in [6.45, 7) is 0.670. The van der Waals surface area contributed by atoms with Gasteiger partial charge in [0.2, 0.25) is 0 Å². The summed E-state index contributed by atoms with van der Waals surface area (Å²) >= 11 is 0. The van der Waals surface area contributed by atoms with Gasteiger partial charge in [0.1, 0.15) is 0 Å². The van der Waals surface area contributed by atoms with Crippen molar-refractivity contribution in [3.63, 3.8) is 0 Å². The van der Waals surface area contributed by atoms with Gasteiger partial charge < -0.3 is 0 Å². The van der Waals surface area contributed by atoms with E-state index >= 15 is 0 Å². The number of nitrogens with zero attached hydrogens (tertiary/aromatic N) is 1. The Labute approximate surface area is 171 Å². The van der Waals surface area contributed by atoms with Crippen LogP contribution in [0, 0.1) is 0 Å². The molecule has 0 atom stereocenters. The molecule has 1 aliphatic rings. The highest BCUT2D eigenvalue weighted by atomic mass is 14.7. The predicted octanol–water partition coefficient (Wildman–Crippen LogP) is 6.88. The van der Waals surface area contributed by atoms with Gasteiger partial charge in [0.05, 0.1) is 12.3 Å². The summed E-state index contributed by atoms with van der Waals surface area (Å²) in [5.41, 5.74) is 9.64. The summed E-state index contributed by atoms with van der Waals surface area (Å²) in [6.07, 6.45) is 4.38. The zero-order chi connectivity index (χ0) is 19.5. The Kier molecular flexibility index (Phi) is 4.63. The van der Waals surface area contributed by atoms with Crippen molar-refractivity contribution in [3.05, 3.63) is 131 Å². The van der Waals surface area contributed by atoms with E-state index in [1.54, 1.807) is 0 Å². The van der Waals surface area contributed by atoms with E-state index in [0.717, 1.165) is 11.3 Å². The molecular formula is C28H21N. The summed E-state index contributed by atoms with van der Waals surface area (Å²) in [5.74, 6) is 0. The highest BCUT2D eigenvalue weighted by molar-refractivity contribution is 6.17. The predicted molar refractivity (Wildman–Crippen MR) is 123 cm³/mol. The first-order valence-corrected chi connectivity index (χ1v) is 9.95. The fourth-order valence-corrected chi connectivity index (χ4v) is 3.95. The van der Waals surface area contributed by atoms with Crippen LogP contribution in [0.15, 0.2) is 108 Å². The summed E-state index contributed by atoms with van der Waals surface area (Å²) in [6, 6.07) is 36.1. The molecule has 138 valence electrons. The van der Waals surface area contributed by atoms with E-state index in [2.05, 4.69) is 103 Å². The molecule has 0 unspecified atom stereocenters. The third kappa shape index (κ3) is 3.43. The van der Waals surface area contributed by atoms with Crippen LogP contribution in [0.2, 0.25) is 0 Å². The molecule has 1 heterocycles. The van der Waals surface area contributed by atoms with Gasteiger partial charge in [-0.1, -0.05) is 115 Å².